The van der Waals surface area contributed by atoms with E-state index in [-0.39, 0.29) is 6.42 Å². The van der Waals surface area contributed by atoms with Crippen molar-refractivity contribution in [3.63, 3.8) is 0 Å². The first-order valence-electron chi connectivity index (χ1n) is 8.55. The van der Waals surface area contributed by atoms with Crippen molar-refractivity contribution in [1.29, 1.82) is 0 Å². The lowest BCUT2D eigenvalue weighted by molar-refractivity contribution is -0.152. The quantitative estimate of drug-likeness (QED) is 0.210. The number of carboxylic acid groups (broad SMARTS) is 1. The third-order valence-corrected chi connectivity index (χ3v) is 3.61. The summed E-state index contributed by atoms with van der Waals surface area (Å²) in [5, 5.41) is 8.38. The van der Waals surface area contributed by atoms with Gasteiger partial charge in [0.2, 0.25) is 5.78 Å². The van der Waals surface area contributed by atoms with Gasteiger partial charge < -0.3 is 5.11 Å². The normalized spacial score (nSPS) is 11.0. The summed E-state index contributed by atoms with van der Waals surface area (Å²) in [5.41, 5.74) is 0. The van der Waals surface area contributed by atoms with E-state index in [1.54, 1.807) is 0 Å². The Balaban J connectivity index is 3.34. The number of carboxylic acids is 1. The second-order valence-corrected chi connectivity index (χ2v) is 5.68. The molecule has 0 radical (unpaired) electrons. The van der Waals surface area contributed by atoms with Crippen molar-refractivity contribution < 1.29 is 19.5 Å². The zero-order valence-electron chi connectivity index (χ0n) is 13.8. The fourth-order valence-electron chi connectivity index (χ4n) is 2.24. The Morgan fingerprint density at radius 1 is 0.773 bits per heavy atom. The average Bonchev–Trinajstić information content (AvgIpc) is 2.50. The van der Waals surface area contributed by atoms with Gasteiger partial charge in [0, 0.05) is 6.42 Å². The Hall–Kier alpha value is -1.45. The summed E-state index contributed by atoms with van der Waals surface area (Å²) < 4.78 is 0. The van der Waals surface area contributed by atoms with Crippen molar-refractivity contribution in [1.82, 2.24) is 0 Å². The van der Waals surface area contributed by atoms with Crippen LogP contribution in [0.4, 0.5) is 0 Å². The molecular formula is C18H30O4. The van der Waals surface area contributed by atoms with Crippen LogP contribution in [0.5, 0.6) is 0 Å². The lowest BCUT2D eigenvalue weighted by atomic mass is 10.1. The molecule has 0 saturated carbocycles. The number of carbonyl (C=O) groups is 3. The maximum Gasteiger partial charge on any atom is 0.380 e. The van der Waals surface area contributed by atoms with Gasteiger partial charge in [-0.1, -0.05) is 57.6 Å². The molecule has 126 valence electrons. The molecule has 0 saturated heterocycles. The van der Waals surface area contributed by atoms with Gasteiger partial charge in [0.15, 0.2) is 0 Å². The zero-order chi connectivity index (χ0) is 16.6. The van der Waals surface area contributed by atoms with Crippen molar-refractivity contribution in [3.05, 3.63) is 12.2 Å². The molecule has 0 aliphatic heterocycles. The number of allylic oxidation sites excluding steroid dienone is 2. The van der Waals surface area contributed by atoms with Crippen molar-refractivity contribution in [3.8, 4) is 0 Å². The molecule has 0 aliphatic carbocycles. The van der Waals surface area contributed by atoms with Crippen molar-refractivity contribution in [2.24, 2.45) is 0 Å². The third kappa shape index (κ3) is 12.3. The molecule has 1 N–H and O–H groups in total. The number of hydrogen-bond donors (Lipinski definition) is 1. The van der Waals surface area contributed by atoms with Gasteiger partial charge in [0.1, 0.15) is 0 Å². The molecule has 0 fully saturated rings. The number of ketones is 2. The second kappa shape index (κ2) is 14.5. The van der Waals surface area contributed by atoms with Crippen molar-refractivity contribution in [2.45, 2.75) is 84.0 Å². The monoisotopic (exact) mass is 310 g/mol. The fourth-order valence-corrected chi connectivity index (χ4v) is 2.24. The summed E-state index contributed by atoms with van der Waals surface area (Å²) in [6.45, 7) is 2.22. The molecule has 0 heterocycles. The van der Waals surface area contributed by atoms with Gasteiger partial charge in [-0.3, -0.25) is 9.59 Å². The van der Waals surface area contributed by atoms with Crippen LogP contribution in [-0.2, 0) is 14.4 Å². The van der Waals surface area contributed by atoms with Crippen LogP contribution in [-0.4, -0.2) is 22.6 Å². The Bertz CT molecular complexity index is 358. The van der Waals surface area contributed by atoms with Gasteiger partial charge in [-0.05, 0) is 32.1 Å². The van der Waals surface area contributed by atoms with E-state index >= 15 is 0 Å². The summed E-state index contributed by atoms with van der Waals surface area (Å²) >= 11 is 0. The van der Waals surface area contributed by atoms with Gasteiger partial charge in [0.25, 0.3) is 0 Å². The smallest absolute Gasteiger partial charge is 0.380 e. The number of carbonyl (C=O) groups excluding carboxylic acids is 2. The van der Waals surface area contributed by atoms with E-state index in [9.17, 15) is 14.4 Å². The number of hydrogen-bond acceptors (Lipinski definition) is 3. The summed E-state index contributed by atoms with van der Waals surface area (Å²) in [5.74, 6) is -3.72. The molecule has 0 atom stereocenters. The highest BCUT2D eigenvalue weighted by molar-refractivity contribution is 6.61. The van der Waals surface area contributed by atoms with Crippen LogP contribution in [0.25, 0.3) is 0 Å². The van der Waals surface area contributed by atoms with E-state index in [0.717, 1.165) is 32.1 Å². The van der Waals surface area contributed by atoms with Crippen LogP contribution in [0.2, 0.25) is 0 Å². The summed E-state index contributed by atoms with van der Waals surface area (Å²) in [7, 11) is 0. The number of unbranched alkanes of at least 4 members (excludes halogenated alkanes) is 9. The molecule has 0 aromatic rings. The molecule has 0 aromatic heterocycles. The predicted molar refractivity (Wildman–Crippen MR) is 87.9 cm³/mol. The van der Waals surface area contributed by atoms with E-state index in [1.807, 2.05) is 0 Å². The van der Waals surface area contributed by atoms with E-state index in [2.05, 4.69) is 19.1 Å². The van der Waals surface area contributed by atoms with Crippen LogP contribution in [0.15, 0.2) is 12.2 Å². The lowest BCUT2D eigenvalue weighted by Gasteiger charge is -1.99. The third-order valence-electron chi connectivity index (χ3n) is 3.61. The summed E-state index contributed by atoms with van der Waals surface area (Å²) in [6.07, 6.45) is 16.8. The fraction of sp³-hybridized carbons (Fsp3) is 0.722. The van der Waals surface area contributed by atoms with Gasteiger partial charge >= 0.3 is 11.8 Å². The highest BCUT2D eigenvalue weighted by Gasteiger charge is 2.20. The Morgan fingerprint density at radius 2 is 1.27 bits per heavy atom. The molecule has 0 bridgehead atoms. The van der Waals surface area contributed by atoms with Crippen LogP contribution >= 0.6 is 0 Å². The maximum atomic E-state index is 11.1. The van der Waals surface area contributed by atoms with E-state index in [4.69, 9.17) is 5.11 Å². The highest BCUT2D eigenvalue weighted by atomic mass is 16.4. The topological polar surface area (TPSA) is 71.4 Å². The first-order chi connectivity index (χ1) is 10.6. The number of Topliss-reactive ketones (excluding diaryl/α,β-unsaturated/α-hetero) is 2. The van der Waals surface area contributed by atoms with Crippen molar-refractivity contribution >= 4 is 17.5 Å². The highest BCUT2D eigenvalue weighted by Crippen LogP contribution is 2.08. The lowest BCUT2D eigenvalue weighted by Crippen LogP contribution is -2.22. The molecule has 0 unspecified atom stereocenters. The molecule has 0 aliphatic rings. The number of rotatable bonds is 15. The van der Waals surface area contributed by atoms with Crippen LogP contribution < -0.4 is 0 Å². The first kappa shape index (κ1) is 20.6. The largest absolute Gasteiger partial charge is 0.475 e. The van der Waals surface area contributed by atoms with E-state index < -0.39 is 17.5 Å². The molecule has 0 aromatic carbocycles. The minimum atomic E-state index is -1.65. The van der Waals surface area contributed by atoms with Crippen LogP contribution in [0.1, 0.15) is 84.0 Å². The standard InChI is InChI=1S/C18H30O4/c1-2-3-4-5-6-7-8-9-10-11-12-13-14-15-16(19)17(20)18(21)22/h8-9H,2-7,10-15H2,1H3,(H,21,22). The van der Waals surface area contributed by atoms with E-state index in [1.165, 1.54) is 32.1 Å². The van der Waals surface area contributed by atoms with Crippen molar-refractivity contribution in [2.75, 3.05) is 0 Å². The number of aliphatic carboxylic acids is 1. The SMILES string of the molecule is CCCCCCCC=CCCCCCCC(=O)C(=O)C(=O)O. The maximum absolute atomic E-state index is 11.1. The molecule has 0 spiro atoms. The van der Waals surface area contributed by atoms with Gasteiger partial charge in [-0.25, -0.2) is 4.79 Å². The Morgan fingerprint density at radius 3 is 1.77 bits per heavy atom. The summed E-state index contributed by atoms with van der Waals surface area (Å²) in [6, 6.07) is 0. The van der Waals surface area contributed by atoms with Gasteiger partial charge in [-0.2, -0.15) is 0 Å². The molecule has 4 heteroatoms. The second-order valence-electron chi connectivity index (χ2n) is 5.68. The molecular weight excluding hydrogens is 280 g/mol. The molecule has 22 heavy (non-hydrogen) atoms. The molecule has 0 rings (SSSR count). The van der Waals surface area contributed by atoms with Crippen LogP contribution in [0, 0.1) is 0 Å². The van der Waals surface area contributed by atoms with Gasteiger partial charge in [-0.15, -0.1) is 0 Å². The molecule has 4 nitrogen and oxygen atoms in total. The minimum Gasteiger partial charge on any atom is -0.475 e. The minimum absolute atomic E-state index is 0.0543. The summed E-state index contributed by atoms with van der Waals surface area (Å²) in [4.78, 5) is 32.3. The van der Waals surface area contributed by atoms with Gasteiger partial charge in [0.05, 0.1) is 0 Å². The van der Waals surface area contributed by atoms with E-state index in [0.29, 0.717) is 6.42 Å². The Labute approximate surface area is 134 Å². The van der Waals surface area contributed by atoms with Crippen LogP contribution in [0.3, 0.4) is 0 Å². The average molecular weight is 310 g/mol. The first-order valence-corrected chi connectivity index (χ1v) is 8.55. The molecule has 0 amide bonds. The Kier molecular flexibility index (Phi) is 13.5. The predicted octanol–water partition coefficient (Wildman–Crippen LogP) is 4.47. The zero-order valence-corrected chi connectivity index (χ0v) is 13.8.